The third-order valence-corrected chi connectivity index (χ3v) is 4.80. The third-order valence-electron chi connectivity index (χ3n) is 3.05. The van der Waals surface area contributed by atoms with Crippen LogP contribution in [0.3, 0.4) is 0 Å². The molecule has 1 nitrogen and oxygen atoms in total. The molecule has 0 aliphatic carbocycles. The highest BCUT2D eigenvalue weighted by Crippen LogP contribution is 2.35. The van der Waals surface area contributed by atoms with Crippen LogP contribution in [0.2, 0.25) is 0 Å². The van der Waals surface area contributed by atoms with Crippen molar-refractivity contribution in [2.75, 3.05) is 0 Å². The Labute approximate surface area is 105 Å². The molecular weight excluding hydrogens is 270 g/mol. The van der Waals surface area contributed by atoms with Crippen molar-refractivity contribution < 1.29 is 0 Å². The summed E-state index contributed by atoms with van der Waals surface area (Å²) in [6.07, 6.45) is 1.05. The molecule has 0 aliphatic rings. The van der Waals surface area contributed by atoms with Gasteiger partial charge in [-0.25, -0.2) is 0 Å². The Bertz CT molecular complexity index is 314. The van der Waals surface area contributed by atoms with E-state index in [9.17, 15) is 0 Å². The van der Waals surface area contributed by atoms with E-state index in [0.29, 0.717) is 11.3 Å². The summed E-state index contributed by atoms with van der Waals surface area (Å²) in [6, 6.07) is 4.37. The standard InChI is InChI=1S/C12H20BrNS/c1-8(12(2,3)4)7-9(14)10-5-6-11(13)15-10/h5-6,8-9H,7,14H2,1-4H3. The highest BCUT2D eigenvalue weighted by atomic mass is 79.9. The van der Waals surface area contributed by atoms with Crippen molar-refractivity contribution in [1.29, 1.82) is 0 Å². The molecule has 0 spiro atoms. The van der Waals surface area contributed by atoms with Gasteiger partial charge in [-0.2, -0.15) is 0 Å². The molecule has 0 saturated heterocycles. The summed E-state index contributed by atoms with van der Waals surface area (Å²) in [5, 5.41) is 0. The summed E-state index contributed by atoms with van der Waals surface area (Å²) >= 11 is 5.21. The van der Waals surface area contributed by atoms with Crippen LogP contribution >= 0.6 is 27.3 Å². The average Bonchev–Trinajstić information content (AvgIpc) is 2.50. The van der Waals surface area contributed by atoms with E-state index < -0.39 is 0 Å². The van der Waals surface area contributed by atoms with Gasteiger partial charge in [-0.3, -0.25) is 0 Å². The first-order chi connectivity index (χ1) is 6.80. The number of rotatable bonds is 3. The normalized spacial score (nSPS) is 16.4. The predicted molar refractivity (Wildman–Crippen MR) is 72.2 cm³/mol. The van der Waals surface area contributed by atoms with Gasteiger partial charge < -0.3 is 5.73 Å². The Kier molecular flexibility index (Phi) is 4.38. The first kappa shape index (κ1) is 13.2. The smallest absolute Gasteiger partial charge is 0.0701 e. The minimum Gasteiger partial charge on any atom is -0.323 e. The molecule has 86 valence electrons. The van der Waals surface area contributed by atoms with Crippen LogP contribution < -0.4 is 5.73 Å². The number of thiophene rings is 1. The summed E-state index contributed by atoms with van der Waals surface area (Å²) < 4.78 is 1.16. The van der Waals surface area contributed by atoms with E-state index in [-0.39, 0.29) is 6.04 Å². The van der Waals surface area contributed by atoms with Gasteiger partial charge in [0.25, 0.3) is 0 Å². The SMILES string of the molecule is CC(CC(N)c1ccc(Br)s1)C(C)(C)C. The second kappa shape index (κ2) is 4.98. The largest absolute Gasteiger partial charge is 0.323 e. The van der Waals surface area contributed by atoms with Crippen LogP contribution in [-0.4, -0.2) is 0 Å². The van der Waals surface area contributed by atoms with Crippen molar-refractivity contribution in [3.8, 4) is 0 Å². The van der Waals surface area contributed by atoms with Crippen LogP contribution in [0.15, 0.2) is 15.9 Å². The molecule has 1 rings (SSSR count). The number of nitrogens with two attached hydrogens (primary N) is 1. The zero-order valence-electron chi connectivity index (χ0n) is 9.88. The van der Waals surface area contributed by atoms with Crippen LogP contribution in [-0.2, 0) is 0 Å². The summed E-state index contributed by atoms with van der Waals surface area (Å²) in [6.45, 7) is 9.10. The summed E-state index contributed by atoms with van der Waals surface area (Å²) in [7, 11) is 0. The molecular formula is C12H20BrNS. The molecule has 0 amide bonds. The zero-order chi connectivity index (χ0) is 11.6. The fourth-order valence-corrected chi connectivity index (χ4v) is 2.82. The molecule has 0 saturated carbocycles. The maximum absolute atomic E-state index is 6.20. The van der Waals surface area contributed by atoms with Gasteiger partial charge >= 0.3 is 0 Å². The van der Waals surface area contributed by atoms with E-state index >= 15 is 0 Å². The summed E-state index contributed by atoms with van der Waals surface area (Å²) in [4.78, 5) is 1.28. The van der Waals surface area contributed by atoms with Crippen LogP contribution in [0.1, 0.15) is 45.0 Å². The molecule has 2 N–H and O–H groups in total. The minimum atomic E-state index is 0.176. The fourth-order valence-electron chi connectivity index (χ4n) is 1.38. The molecule has 0 aromatic carbocycles. The van der Waals surface area contributed by atoms with Crippen molar-refractivity contribution in [3.05, 3.63) is 20.8 Å². The third kappa shape index (κ3) is 3.89. The molecule has 0 bridgehead atoms. The number of hydrogen-bond acceptors (Lipinski definition) is 2. The van der Waals surface area contributed by atoms with Gasteiger partial charge in [-0.05, 0) is 45.8 Å². The topological polar surface area (TPSA) is 26.0 Å². The van der Waals surface area contributed by atoms with Crippen molar-refractivity contribution in [2.24, 2.45) is 17.1 Å². The average molecular weight is 290 g/mol. The molecule has 3 heteroatoms. The summed E-state index contributed by atoms with van der Waals surface area (Å²) in [5.41, 5.74) is 6.53. The Hall–Kier alpha value is 0.140. The van der Waals surface area contributed by atoms with Gasteiger partial charge in [0.2, 0.25) is 0 Å². The van der Waals surface area contributed by atoms with E-state index in [1.807, 2.05) is 0 Å². The molecule has 2 unspecified atom stereocenters. The van der Waals surface area contributed by atoms with Crippen molar-refractivity contribution in [1.82, 2.24) is 0 Å². The van der Waals surface area contributed by atoms with E-state index in [4.69, 9.17) is 5.73 Å². The Morgan fingerprint density at radius 2 is 2.00 bits per heavy atom. The maximum Gasteiger partial charge on any atom is 0.0701 e. The quantitative estimate of drug-likeness (QED) is 0.866. The van der Waals surface area contributed by atoms with Gasteiger partial charge in [0.15, 0.2) is 0 Å². The van der Waals surface area contributed by atoms with E-state index in [1.54, 1.807) is 11.3 Å². The van der Waals surface area contributed by atoms with Crippen LogP contribution in [0, 0.1) is 11.3 Å². The molecule has 0 fully saturated rings. The lowest BCUT2D eigenvalue weighted by Gasteiger charge is -2.29. The van der Waals surface area contributed by atoms with Crippen LogP contribution in [0.5, 0.6) is 0 Å². The maximum atomic E-state index is 6.20. The molecule has 1 heterocycles. The lowest BCUT2D eigenvalue weighted by Crippen LogP contribution is -2.22. The number of hydrogen-bond donors (Lipinski definition) is 1. The van der Waals surface area contributed by atoms with Gasteiger partial charge in [0.1, 0.15) is 0 Å². The van der Waals surface area contributed by atoms with E-state index in [0.717, 1.165) is 10.2 Å². The molecule has 0 radical (unpaired) electrons. The van der Waals surface area contributed by atoms with Gasteiger partial charge in [-0.15, -0.1) is 11.3 Å². The first-order valence-corrected chi connectivity index (χ1v) is 6.92. The van der Waals surface area contributed by atoms with Crippen LogP contribution in [0.25, 0.3) is 0 Å². The Morgan fingerprint density at radius 3 is 2.40 bits per heavy atom. The molecule has 2 atom stereocenters. The molecule has 1 aromatic rings. The van der Waals surface area contributed by atoms with E-state index in [1.165, 1.54) is 4.88 Å². The monoisotopic (exact) mass is 289 g/mol. The van der Waals surface area contributed by atoms with Crippen molar-refractivity contribution in [3.63, 3.8) is 0 Å². The van der Waals surface area contributed by atoms with E-state index in [2.05, 4.69) is 55.8 Å². The lowest BCUT2D eigenvalue weighted by molar-refractivity contribution is 0.234. The Balaban J connectivity index is 2.60. The Morgan fingerprint density at radius 1 is 1.40 bits per heavy atom. The molecule has 0 aliphatic heterocycles. The van der Waals surface area contributed by atoms with Crippen molar-refractivity contribution in [2.45, 2.75) is 40.2 Å². The molecule has 15 heavy (non-hydrogen) atoms. The zero-order valence-corrected chi connectivity index (χ0v) is 12.3. The molecule has 1 aromatic heterocycles. The highest BCUT2D eigenvalue weighted by Gasteiger charge is 2.23. The van der Waals surface area contributed by atoms with Crippen molar-refractivity contribution >= 4 is 27.3 Å². The van der Waals surface area contributed by atoms with Gasteiger partial charge in [0, 0.05) is 10.9 Å². The minimum absolute atomic E-state index is 0.176. The predicted octanol–water partition coefficient (Wildman–Crippen LogP) is 4.58. The van der Waals surface area contributed by atoms with Gasteiger partial charge in [-0.1, -0.05) is 27.7 Å². The van der Waals surface area contributed by atoms with Gasteiger partial charge in [0.05, 0.1) is 3.79 Å². The second-order valence-corrected chi connectivity index (χ2v) is 7.75. The number of halogens is 1. The highest BCUT2D eigenvalue weighted by molar-refractivity contribution is 9.11. The fraction of sp³-hybridized carbons (Fsp3) is 0.667. The van der Waals surface area contributed by atoms with Crippen LogP contribution in [0.4, 0.5) is 0 Å². The lowest BCUT2D eigenvalue weighted by atomic mass is 9.78. The summed E-state index contributed by atoms with van der Waals surface area (Å²) in [5.74, 6) is 0.633. The second-order valence-electron chi connectivity index (χ2n) is 5.25. The first-order valence-electron chi connectivity index (χ1n) is 5.31.